The van der Waals surface area contributed by atoms with Crippen molar-refractivity contribution in [3.05, 3.63) is 22.7 Å². The average molecular weight is 335 g/mol. The highest BCUT2D eigenvalue weighted by Gasteiger charge is 2.17. The van der Waals surface area contributed by atoms with E-state index in [1.54, 1.807) is 12.1 Å². The summed E-state index contributed by atoms with van der Waals surface area (Å²) in [6.07, 6.45) is 1.82. The van der Waals surface area contributed by atoms with E-state index in [1.807, 2.05) is 0 Å². The average Bonchev–Trinajstić information content (AvgIpc) is 2.27. The Morgan fingerprint density at radius 1 is 1.39 bits per heavy atom. The van der Waals surface area contributed by atoms with Crippen LogP contribution in [0.1, 0.15) is 26.7 Å². The van der Waals surface area contributed by atoms with Crippen LogP contribution in [0, 0.1) is 5.92 Å². The molecule has 0 aliphatic heterocycles. The molecule has 0 unspecified atom stereocenters. The lowest BCUT2D eigenvalue weighted by molar-refractivity contribution is 0.540. The highest BCUT2D eigenvalue weighted by Crippen LogP contribution is 2.22. The molecule has 1 aromatic rings. The van der Waals surface area contributed by atoms with Gasteiger partial charge in [-0.2, -0.15) is 0 Å². The third kappa shape index (κ3) is 4.59. The molecule has 0 radical (unpaired) electrons. The van der Waals surface area contributed by atoms with Crippen LogP contribution in [-0.2, 0) is 10.0 Å². The maximum Gasteiger partial charge on any atom is 0.242 e. The smallest absolute Gasteiger partial charge is 0.242 e. The molecule has 0 atom stereocenters. The van der Waals surface area contributed by atoms with Crippen molar-refractivity contribution in [2.45, 2.75) is 31.6 Å². The number of anilines is 1. The Kier molecular flexibility index (Phi) is 5.62. The summed E-state index contributed by atoms with van der Waals surface area (Å²) < 4.78 is 27.3. The monoisotopic (exact) mass is 334 g/mol. The van der Waals surface area contributed by atoms with Gasteiger partial charge in [-0.3, -0.25) is 0 Å². The summed E-state index contributed by atoms with van der Waals surface area (Å²) in [5.74, 6) is 0.574. The first-order valence-electron chi connectivity index (χ1n) is 5.87. The third-order valence-electron chi connectivity index (χ3n) is 2.52. The first-order chi connectivity index (χ1) is 8.33. The lowest BCUT2D eigenvalue weighted by Crippen LogP contribution is -2.25. The van der Waals surface area contributed by atoms with E-state index in [1.165, 1.54) is 6.07 Å². The molecule has 0 aliphatic carbocycles. The van der Waals surface area contributed by atoms with Crippen LogP contribution >= 0.6 is 15.9 Å². The van der Waals surface area contributed by atoms with Crippen molar-refractivity contribution in [3.63, 3.8) is 0 Å². The van der Waals surface area contributed by atoms with Crippen molar-refractivity contribution >= 4 is 31.6 Å². The number of rotatable bonds is 6. The second-order valence-corrected chi connectivity index (χ2v) is 7.27. The number of benzene rings is 1. The Bertz CT molecular complexity index is 501. The zero-order chi connectivity index (χ0) is 13.8. The van der Waals surface area contributed by atoms with E-state index in [0.29, 0.717) is 16.9 Å². The van der Waals surface area contributed by atoms with E-state index in [9.17, 15) is 8.42 Å². The van der Waals surface area contributed by atoms with Gasteiger partial charge in [-0.1, -0.05) is 29.8 Å². The van der Waals surface area contributed by atoms with Crippen LogP contribution in [-0.4, -0.2) is 15.0 Å². The fraction of sp³-hybridized carbons (Fsp3) is 0.500. The summed E-state index contributed by atoms with van der Waals surface area (Å²) in [6, 6.07) is 4.81. The van der Waals surface area contributed by atoms with Crippen LogP contribution in [0.15, 0.2) is 27.6 Å². The number of hydrogen-bond donors (Lipinski definition) is 2. The standard InChI is InChI=1S/C12H19BrN2O2S/c1-9(2)4-3-7-15-18(16,17)12-8-10(13)5-6-11(12)14/h5-6,8-9,15H,3-4,7,14H2,1-2H3. The minimum atomic E-state index is -3.52. The molecule has 0 saturated carbocycles. The molecule has 102 valence electrons. The highest BCUT2D eigenvalue weighted by molar-refractivity contribution is 9.10. The van der Waals surface area contributed by atoms with Crippen LogP contribution in [0.3, 0.4) is 0 Å². The van der Waals surface area contributed by atoms with Crippen LogP contribution in [0.25, 0.3) is 0 Å². The van der Waals surface area contributed by atoms with Crippen molar-refractivity contribution in [2.75, 3.05) is 12.3 Å². The molecule has 0 saturated heterocycles. The molecular formula is C12H19BrN2O2S. The molecule has 0 aromatic heterocycles. The van der Waals surface area contributed by atoms with Crippen LogP contribution < -0.4 is 10.5 Å². The van der Waals surface area contributed by atoms with Crippen molar-refractivity contribution in [1.82, 2.24) is 4.72 Å². The molecule has 1 aromatic carbocycles. The largest absolute Gasteiger partial charge is 0.398 e. The summed E-state index contributed by atoms with van der Waals surface area (Å²) in [6.45, 7) is 4.66. The quantitative estimate of drug-likeness (QED) is 0.620. The van der Waals surface area contributed by atoms with Crippen molar-refractivity contribution in [2.24, 2.45) is 5.92 Å². The molecule has 4 nitrogen and oxygen atoms in total. The summed E-state index contributed by atoms with van der Waals surface area (Å²) in [4.78, 5) is 0.126. The topological polar surface area (TPSA) is 72.2 Å². The van der Waals surface area contributed by atoms with Crippen molar-refractivity contribution in [3.8, 4) is 0 Å². The fourth-order valence-electron chi connectivity index (χ4n) is 1.54. The van der Waals surface area contributed by atoms with Gasteiger partial charge in [0.15, 0.2) is 0 Å². The number of nitrogens with one attached hydrogen (secondary N) is 1. The van der Waals surface area contributed by atoms with Gasteiger partial charge in [0, 0.05) is 11.0 Å². The van der Waals surface area contributed by atoms with E-state index in [4.69, 9.17) is 5.73 Å². The van der Waals surface area contributed by atoms with E-state index < -0.39 is 10.0 Å². The Morgan fingerprint density at radius 2 is 2.06 bits per heavy atom. The zero-order valence-electron chi connectivity index (χ0n) is 10.6. The van der Waals surface area contributed by atoms with Crippen LogP contribution in [0.2, 0.25) is 0 Å². The van der Waals surface area contributed by atoms with E-state index >= 15 is 0 Å². The number of nitrogens with two attached hydrogens (primary N) is 1. The lowest BCUT2D eigenvalue weighted by Gasteiger charge is -2.10. The van der Waals surface area contributed by atoms with Gasteiger partial charge in [0.05, 0.1) is 5.69 Å². The molecule has 0 bridgehead atoms. The van der Waals surface area contributed by atoms with Gasteiger partial charge in [0.2, 0.25) is 10.0 Å². The Morgan fingerprint density at radius 3 is 2.67 bits per heavy atom. The van der Waals surface area contributed by atoms with Gasteiger partial charge >= 0.3 is 0 Å². The molecule has 6 heteroatoms. The van der Waals surface area contributed by atoms with Crippen LogP contribution in [0.5, 0.6) is 0 Å². The minimum Gasteiger partial charge on any atom is -0.398 e. The molecule has 0 spiro atoms. The predicted octanol–water partition coefficient (Wildman–Crippen LogP) is 2.75. The van der Waals surface area contributed by atoms with E-state index in [2.05, 4.69) is 34.5 Å². The lowest BCUT2D eigenvalue weighted by atomic mass is 10.1. The molecule has 1 rings (SSSR count). The Balaban J connectivity index is 2.71. The number of hydrogen-bond acceptors (Lipinski definition) is 3. The summed E-state index contributed by atoms with van der Waals surface area (Å²) in [5.41, 5.74) is 5.95. The van der Waals surface area contributed by atoms with Gasteiger partial charge in [0.25, 0.3) is 0 Å². The van der Waals surface area contributed by atoms with Gasteiger partial charge in [-0.15, -0.1) is 0 Å². The molecule has 0 aliphatic rings. The zero-order valence-corrected chi connectivity index (χ0v) is 13.0. The second kappa shape index (κ2) is 6.54. The number of halogens is 1. The highest BCUT2D eigenvalue weighted by atomic mass is 79.9. The maximum atomic E-state index is 12.0. The molecule has 3 N–H and O–H groups in total. The molecule has 0 fully saturated rings. The SMILES string of the molecule is CC(C)CCCNS(=O)(=O)c1cc(Br)ccc1N. The number of sulfonamides is 1. The minimum absolute atomic E-state index is 0.126. The molecule has 18 heavy (non-hydrogen) atoms. The van der Waals surface area contributed by atoms with Gasteiger partial charge in [-0.25, -0.2) is 13.1 Å². The normalized spacial score (nSPS) is 12.0. The van der Waals surface area contributed by atoms with E-state index in [0.717, 1.165) is 12.8 Å². The summed E-state index contributed by atoms with van der Waals surface area (Å²) in [5, 5.41) is 0. The first kappa shape index (κ1) is 15.5. The Hall–Kier alpha value is -0.590. The summed E-state index contributed by atoms with van der Waals surface area (Å²) >= 11 is 3.24. The third-order valence-corrected chi connectivity index (χ3v) is 4.53. The predicted molar refractivity (Wildman–Crippen MR) is 77.8 cm³/mol. The van der Waals surface area contributed by atoms with Crippen molar-refractivity contribution in [1.29, 1.82) is 0 Å². The molecular weight excluding hydrogens is 316 g/mol. The molecule has 0 amide bonds. The second-order valence-electron chi connectivity index (χ2n) is 4.62. The van der Waals surface area contributed by atoms with Crippen molar-refractivity contribution < 1.29 is 8.42 Å². The molecule has 0 heterocycles. The maximum absolute atomic E-state index is 12.0. The first-order valence-corrected chi connectivity index (χ1v) is 8.15. The number of nitrogen functional groups attached to an aromatic ring is 1. The Labute approximate surface area is 117 Å². The van der Waals surface area contributed by atoms with Gasteiger partial charge < -0.3 is 5.73 Å². The summed E-state index contributed by atoms with van der Waals surface area (Å²) in [7, 11) is -3.52. The van der Waals surface area contributed by atoms with Gasteiger partial charge in [-0.05, 0) is 37.0 Å². The van der Waals surface area contributed by atoms with Crippen LogP contribution in [0.4, 0.5) is 5.69 Å². The van der Waals surface area contributed by atoms with Gasteiger partial charge in [0.1, 0.15) is 4.90 Å². The fourth-order valence-corrected chi connectivity index (χ4v) is 3.28. The van der Waals surface area contributed by atoms with E-state index in [-0.39, 0.29) is 10.6 Å².